The van der Waals surface area contributed by atoms with E-state index in [1.165, 1.54) is 4.68 Å². The molecule has 2 aromatic heterocycles. The standard InChI is InChI=1S/C28H23ClN4O3/c1-4-22-23(27(35)33(30-22)21-10-6-8-19(29)16-21)24-25(31-13-11-17(2)12-14-31)28(36)32(26(24)34)20-9-5-7-18(3)15-20/h5-16H,4H2,1-3H3/p+1. The average molecular weight is 500 g/mol. The number of hydrogen-bond acceptors (Lipinski definition) is 3. The highest BCUT2D eigenvalue weighted by molar-refractivity contribution is 6.53. The number of anilines is 1. The molecule has 1 N–H and O–H groups in total. The van der Waals surface area contributed by atoms with Crippen LogP contribution in [-0.4, -0.2) is 21.6 Å². The third-order valence-electron chi connectivity index (χ3n) is 6.21. The van der Waals surface area contributed by atoms with Gasteiger partial charge in [0.25, 0.3) is 17.2 Å². The Morgan fingerprint density at radius 2 is 1.56 bits per heavy atom. The zero-order chi connectivity index (χ0) is 25.6. The van der Waals surface area contributed by atoms with Crippen LogP contribution >= 0.6 is 11.6 Å². The topological polar surface area (TPSA) is 79.1 Å². The second-order valence-electron chi connectivity index (χ2n) is 8.73. The summed E-state index contributed by atoms with van der Waals surface area (Å²) in [6.07, 6.45) is 3.89. The quantitative estimate of drug-likeness (QED) is 0.330. The van der Waals surface area contributed by atoms with Crippen LogP contribution in [0.3, 0.4) is 0 Å². The third kappa shape index (κ3) is 3.87. The molecule has 180 valence electrons. The number of pyridine rings is 1. The maximum absolute atomic E-state index is 13.9. The molecule has 36 heavy (non-hydrogen) atoms. The number of benzene rings is 2. The molecule has 8 heteroatoms. The Morgan fingerprint density at radius 1 is 0.861 bits per heavy atom. The summed E-state index contributed by atoms with van der Waals surface area (Å²) in [6.45, 7) is 5.71. The first-order valence-corrected chi connectivity index (χ1v) is 12.0. The van der Waals surface area contributed by atoms with Gasteiger partial charge in [-0.05, 0) is 61.7 Å². The number of H-pyrrole nitrogens is 1. The Kier molecular flexibility index (Phi) is 5.94. The minimum atomic E-state index is -0.544. The Morgan fingerprint density at radius 3 is 2.22 bits per heavy atom. The second-order valence-corrected chi connectivity index (χ2v) is 9.17. The lowest BCUT2D eigenvalue weighted by Crippen LogP contribution is -2.39. The third-order valence-corrected chi connectivity index (χ3v) is 6.44. The normalized spacial score (nSPS) is 13.7. The number of nitrogens with zero attached hydrogens (tertiary/aromatic N) is 3. The second kappa shape index (κ2) is 9.09. The Bertz CT molecular complexity index is 1610. The molecule has 0 radical (unpaired) electrons. The summed E-state index contributed by atoms with van der Waals surface area (Å²) in [6, 6.07) is 17.7. The fourth-order valence-electron chi connectivity index (χ4n) is 4.43. The van der Waals surface area contributed by atoms with E-state index in [1.54, 1.807) is 59.4 Å². The molecule has 0 unspecified atom stereocenters. The molecule has 2 aromatic carbocycles. The highest BCUT2D eigenvalue weighted by Gasteiger charge is 2.48. The zero-order valence-electron chi connectivity index (χ0n) is 20.1. The van der Waals surface area contributed by atoms with Gasteiger partial charge in [-0.1, -0.05) is 36.7 Å². The van der Waals surface area contributed by atoms with Crippen LogP contribution in [0.5, 0.6) is 0 Å². The molecule has 0 saturated heterocycles. The van der Waals surface area contributed by atoms with Crippen LogP contribution in [0.1, 0.15) is 29.3 Å². The van der Waals surface area contributed by atoms with Gasteiger partial charge in [0.15, 0.2) is 12.4 Å². The number of aromatic amines is 1. The van der Waals surface area contributed by atoms with Crippen molar-refractivity contribution in [2.45, 2.75) is 27.2 Å². The summed E-state index contributed by atoms with van der Waals surface area (Å²) in [4.78, 5) is 42.7. The summed E-state index contributed by atoms with van der Waals surface area (Å²) in [5.41, 5.74) is 3.38. The maximum atomic E-state index is 13.9. The molecule has 1 aliphatic rings. The molecule has 7 nitrogen and oxygen atoms in total. The van der Waals surface area contributed by atoms with Crippen molar-refractivity contribution in [2.24, 2.45) is 0 Å². The van der Waals surface area contributed by atoms with Crippen molar-refractivity contribution < 1.29 is 14.2 Å². The predicted octanol–water partition coefficient (Wildman–Crippen LogP) is 4.23. The number of halogens is 1. The van der Waals surface area contributed by atoms with Crippen molar-refractivity contribution in [2.75, 3.05) is 4.90 Å². The molecule has 4 aromatic rings. The lowest BCUT2D eigenvalue weighted by atomic mass is 10.0. The van der Waals surface area contributed by atoms with Crippen LogP contribution in [0.15, 0.2) is 77.9 Å². The van der Waals surface area contributed by atoms with E-state index in [1.807, 2.05) is 39.0 Å². The SMILES string of the molecule is CCc1[nH]n(-c2cccc(Cl)c2)c(=O)c1C1=C([n+]2ccc(C)cc2)C(=O)N(c2cccc(C)c2)C1=O. The van der Waals surface area contributed by atoms with Crippen molar-refractivity contribution in [1.82, 2.24) is 9.78 Å². The lowest BCUT2D eigenvalue weighted by molar-refractivity contribution is -0.576. The molecular formula is C28H24ClN4O3+. The van der Waals surface area contributed by atoms with Gasteiger partial charge in [0, 0.05) is 22.8 Å². The number of nitrogens with one attached hydrogen (secondary N) is 1. The zero-order valence-corrected chi connectivity index (χ0v) is 20.8. The summed E-state index contributed by atoms with van der Waals surface area (Å²) < 4.78 is 2.96. The van der Waals surface area contributed by atoms with E-state index in [4.69, 9.17) is 11.6 Å². The first-order chi connectivity index (χ1) is 17.3. The molecular weight excluding hydrogens is 476 g/mol. The monoisotopic (exact) mass is 499 g/mol. The van der Waals surface area contributed by atoms with Crippen LogP contribution in [0, 0.1) is 13.8 Å². The first kappa shape index (κ1) is 23.5. The van der Waals surface area contributed by atoms with Crippen molar-refractivity contribution in [3.63, 3.8) is 0 Å². The van der Waals surface area contributed by atoms with Crippen molar-refractivity contribution in [1.29, 1.82) is 0 Å². The molecule has 0 spiro atoms. The fraction of sp³-hybridized carbons (Fsp3) is 0.143. The maximum Gasteiger partial charge on any atom is 0.331 e. The van der Waals surface area contributed by atoms with Crippen LogP contribution in [0.4, 0.5) is 5.69 Å². The molecule has 0 saturated carbocycles. The van der Waals surface area contributed by atoms with Crippen LogP contribution in [-0.2, 0) is 16.0 Å². The summed E-state index contributed by atoms with van der Waals surface area (Å²) in [5.74, 6) is -1.04. The van der Waals surface area contributed by atoms with E-state index in [9.17, 15) is 14.4 Å². The molecule has 0 bridgehead atoms. The number of aromatic nitrogens is 3. The predicted molar refractivity (Wildman–Crippen MR) is 139 cm³/mol. The van der Waals surface area contributed by atoms with Gasteiger partial charge in [-0.2, -0.15) is 4.57 Å². The van der Waals surface area contributed by atoms with E-state index in [0.717, 1.165) is 16.0 Å². The van der Waals surface area contributed by atoms with Gasteiger partial charge in [-0.15, -0.1) is 0 Å². The van der Waals surface area contributed by atoms with E-state index in [-0.39, 0.29) is 16.8 Å². The minimum absolute atomic E-state index is 0.0641. The highest BCUT2D eigenvalue weighted by Crippen LogP contribution is 2.34. The molecule has 5 rings (SSSR count). The average Bonchev–Trinajstić information content (AvgIpc) is 3.31. The van der Waals surface area contributed by atoms with Gasteiger partial charge >= 0.3 is 5.91 Å². The number of carbonyl (C=O) groups excluding carboxylic acids is 2. The highest BCUT2D eigenvalue weighted by atomic mass is 35.5. The molecule has 2 amide bonds. The number of imide groups is 1. The number of amides is 2. The van der Waals surface area contributed by atoms with E-state index >= 15 is 0 Å². The molecule has 3 heterocycles. The van der Waals surface area contributed by atoms with Crippen molar-refractivity contribution >= 4 is 40.4 Å². The van der Waals surface area contributed by atoms with E-state index in [2.05, 4.69) is 5.10 Å². The van der Waals surface area contributed by atoms with Crippen LogP contribution < -0.4 is 15.0 Å². The first-order valence-electron chi connectivity index (χ1n) is 11.6. The smallest absolute Gasteiger partial charge is 0.294 e. The van der Waals surface area contributed by atoms with Gasteiger partial charge in [0.2, 0.25) is 0 Å². The van der Waals surface area contributed by atoms with Crippen molar-refractivity contribution in [3.05, 3.63) is 111 Å². The molecule has 0 aliphatic carbocycles. The number of rotatable bonds is 5. The molecule has 0 atom stereocenters. The van der Waals surface area contributed by atoms with Crippen LogP contribution in [0.2, 0.25) is 5.02 Å². The summed E-state index contributed by atoms with van der Waals surface area (Å²) in [5, 5.41) is 3.59. The fourth-order valence-corrected chi connectivity index (χ4v) is 4.61. The summed E-state index contributed by atoms with van der Waals surface area (Å²) in [7, 11) is 0. The van der Waals surface area contributed by atoms with Gasteiger partial charge in [0.1, 0.15) is 5.57 Å². The summed E-state index contributed by atoms with van der Waals surface area (Å²) >= 11 is 6.17. The van der Waals surface area contributed by atoms with Crippen molar-refractivity contribution in [3.8, 4) is 5.69 Å². The Labute approximate surface area is 212 Å². The molecule has 1 aliphatic heterocycles. The Balaban J connectivity index is 1.78. The van der Waals surface area contributed by atoms with E-state index < -0.39 is 17.4 Å². The van der Waals surface area contributed by atoms with Gasteiger partial charge in [-0.3, -0.25) is 19.5 Å². The Hall–Kier alpha value is -4.23. The minimum Gasteiger partial charge on any atom is -0.294 e. The van der Waals surface area contributed by atoms with Crippen LogP contribution in [0.25, 0.3) is 17.0 Å². The largest absolute Gasteiger partial charge is 0.331 e. The van der Waals surface area contributed by atoms with Gasteiger partial charge < -0.3 is 0 Å². The number of hydrogen-bond donors (Lipinski definition) is 1. The van der Waals surface area contributed by atoms with E-state index in [0.29, 0.717) is 28.5 Å². The van der Waals surface area contributed by atoms with Gasteiger partial charge in [0.05, 0.1) is 16.9 Å². The van der Waals surface area contributed by atoms with Gasteiger partial charge in [-0.25, -0.2) is 9.58 Å². The number of aryl methyl sites for hydroxylation is 3. The number of carbonyl (C=O) groups is 2. The lowest BCUT2D eigenvalue weighted by Gasteiger charge is -2.14. The molecule has 0 fully saturated rings.